The van der Waals surface area contributed by atoms with E-state index in [1.54, 1.807) is 25.1 Å². The SMILES string of the molecule is CNC(=O)NC(=O)C(C)Sc1nc2cc(Cl)ccc2c(=O)n1-c1ccc(C)cc1. The van der Waals surface area contributed by atoms with Gasteiger partial charge < -0.3 is 5.32 Å². The summed E-state index contributed by atoms with van der Waals surface area (Å²) in [7, 11) is 1.42. The van der Waals surface area contributed by atoms with Gasteiger partial charge in [-0.3, -0.25) is 19.5 Å². The van der Waals surface area contributed by atoms with Crippen LogP contribution in [-0.2, 0) is 4.79 Å². The van der Waals surface area contributed by atoms with Crippen molar-refractivity contribution in [1.82, 2.24) is 20.2 Å². The summed E-state index contributed by atoms with van der Waals surface area (Å²) in [4.78, 5) is 41.5. The third kappa shape index (κ3) is 4.60. The second-order valence-corrected chi connectivity index (χ2v) is 8.10. The minimum absolute atomic E-state index is 0.267. The average molecular weight is 431 g/mol. The Morgan fingerprint density at radius 3 is 2.52 bits per heavy atom. The summed E-state index contributed by atoms with van der Waals surface area (Å²) >= 11 is 7.14. The number of imide groups is 1. The number of nitrogens with zero attached hydrogens (tertiary/aromatic N) is 2. The van der Waals surface area contributed by atoms with Gasteiger partial charge in [0.05, 0.1) is 21.8 Å². The molecule has 3 amide bonds. The number of hydrogen-bond acceptors (Lipinski definition) is 5. The highest BCUT2D eigenvalue weighted by Gasteiger charge is 2.21. The number of urea groups is 1. The molecule has 0 saturated carbocycles. The lowest BCUT2D eigenvalue weighted by atomic mass is 10.2. The van der Waals surface area contributed by atoms with E-state index in [0.29, 0.717) is 26.8 Å². The second kappa shape index (κ2) is 8.67. The zero-order chi connectivity index (χ0) is 21.1. The fourth-order valence-corrected chi connectivity index (χ4v) is 3.72. The minimum atomic E-state index is -0.674. The molecule has 1 heterocycles. The first-order valence-electron chi connectivity index (χ1n) is 8.78. The fourth-order valence-electron chi connectivity index (χ4n) is 2.63. The summed E-state index contributed by atoms with van der Waals surface area (Å²) in [6.45, 7) is 3.59. The molecule has 29 heavy (non-hydrogen) atoms. The van der Waals surface area contributed by atoms with Crippen LogP contribution in [0.4, 0.5) is 4.79 Å². The Morgan fingerprint density at radius 1 is 1.17 bits per heavy atom. The minimum Gasteiger partial charge on any atom is -0.341 e. The van der Waals surface area contributed by atoms with Gasteiger partial charge in [-0.2, -0.15) is 0 Å². The molecule has 0 aliphatic heterocycles. The molecule has 0 bridgehead atoms. The zero-order valence-electron chi connectivity index (χ0n) is 16.0. The van der Waals surface area contributed by atoms with Gasteiger partial charge in [-0.25, -0.2) is 9.78 Å². The molecular formula is C20H19ClN4O3S. The van der Waals surface area contributed by atoms with Crippen molar-refractivity contribution in [2.45, 2.75) is 24.3 Å². The normalized spacial score (nSPS) is 11.9. The molecule has 0 aliphatic rings. The molecule has 3 rings (SSSR count). The van der Waals surface area contributed by atoms with E-state index in [4.69, 9.17) is 11.6 Å². The van der Waals surface area contributed by atoms with Crippen LogP contribution in [0.15, 0.2) is 52.4 Å². The molecule has 1 aromatic heterocycles. The molecule has 0 fully saturated rings. The van der Waals surface area contributed by atoms with E-state index in [-0.39, 0.29) is 5.56 Å². The average Bonchev–Trinajstić information content (AvgIpc) is 2.68. The van der Waals surface area contributed by atoms with Gasteiger partial charge in [-0.1, -0.05) is 41.1 Å². The van der Waals surface area contributed by atoms with Crippen molar-refractivity contribution >= 4 is 46.2 Å². The first-order valence-corrected chi connectivity index (χ1v) is 10.0. The molecule has 9 heteroatoms. The van der Waals surface area contributed by atoms with E-state index in [1.807, 2.05) is 31.2 Å². The summed E-state index contributed by atoms with van der Waals surface area (Å²) in [5, 5.41) is 5.09. The molecule has 2 aromatic carbocycles. The molecular weight excluding hydrogens is 412 g/mol. The summed E-state index contributed by atoms with van der Waals surface area (Å²) in [6.07, 6.45) is 0. The molecule has 150 valence electrons. The summed E-state index contributed by atoms with van der Waals surface area (Å²) in [5.74, 6) is -0.495. The lowest BCUT2D eigenvalue weighted by Gasteiger charge is -2.16. The van der Waals surface area contributed by atoms with Crippen molar-refractivity contribution in [1.29, 1.82) is 0 Å². The first-order chi connectivity index (χ1) is 13.8. The van der Waals surface area contributed by atoms with Crippen LogP contribution in [0.1, 0.15) is 12.5 Å². The number of rotatable bonds is 4. The Balaban J connectivity index is 2.11. The summed E-state index contributed by atoms with van der Waals surface area (Å²) < 4.78 is 1.46. The Labute approximate surface area is 176 Å². The maximum atomic E-state index is 13.2. The highest BCUT2D eigenvalue weighted by Crippen LogP contribution is 2.26. The predicted molar refractivity (Wildman–Crippen MR) is 115 cm³/mol. The smallest absolute Gasteiger partial charge is 0.321 e. The van der Waals surface area contributed by atoms with Gasteiger partial charge >= 0.3 is 6.03 Å². The van der Waals surface area contributed by atoms with Crippen LogP contribution in [0.25, 0.3) is 16.6 Å². The van der Waals surface area contributed by atoms with Gasteiger partial charge in [0.2, 0.25) is 5.91 Å². The van der Waals surface area contributed by atoms with E-state index < -0.39 is 17.2 Å². The number of benzene rings is 2. The molecule has 0 saturated heterocycles. The highest BCUT2D eigenvalue weighted by molar-refractivity contribution is 8.00. The molecule has 0 spiro atoms. The predicted octanol–water partition coefficient (Wildman–Crippen LogP) is 3.28. The monoisotopic (exact) mass is 430 g/mol. The maximum Gasteiger partial charge on any atom is 0.321 e. The quantitative estimate of drug-likeness (QED) is 0.489. The van der Waals surface area contributed by atoms with Crippen molar-refractivity contribution in [3.8, 4) is 5.69 Å². The summed E-state index contributed by atoms with van der Waals surface area (Å²) in [5.41, 5.74) is 1.85. The fraction of sp³-hybridized carbons (Fsp3) is 0.200. The van der Waals surface area contributed by atoms with Gasteiger partial charge in [0.15, 0.2) is 5.16 Å². The van der Waals surface area contributed by atoms with Crippen LogP contribution < -0.4 is 16.2 Å². The van der Waals surface area contributed by atoms with Gasteiger partial charge in [0.25, 0.3) is 5.56 Å². The topological polar surface area (TPSA) is 93.1 Å². The van der Waals surface area contributed by atoms with E-state index in [0.717, 1.165) is 17.3 Å². The number of fused-ring (bicyclic) bond motifs is 1. The number of carbonyl (C=O) groups is 2. The van der Waals surface area contributed by atoms with Crippen molar-refractivity contribution in [2.24, 2.45) is 0 Å². The number of thioether (sulfide) groups is 1. The number of aryl methyl sites for hydroxylation is 1. The van der Waals surface area contributed by atoms with Crippen LogP contribution in [-0.4, -0.2) is 33.8 Å². The Bertz CT molecular complexity index is 1140. The third-order valence-corrected chi connectivity index (χ3v) is 5.50. The maximum absolute atomic E-state index is 13.2. The molecule has 0 aliphatic carbocycles. The molecule has 1 unspecified atom stereocenters. The molecule has 1 atom stereocenters. The standard InChI is InChI=1S/C20H19ClN4O3S/c1-11-4-7-14(8-5-11)25-18(27)15-9-6-13(21)10-16(15)23-20(25)29-12(2)17(26)24-19(28)22-3/h4-10,12H,1-3H3,(H2,22,24,26,28). The molecule has 7 nitrogen and oxygen atoms in total. The van der Waals surface area contributed by atoms with Crippen LogP contribution in [0.3, 0.4) is 0 Å². The number of aromatic nitrogens is 2. The number of amides is 3. The van der Waals surface area contributed by atoms with Gasteiger partial charge in [0, 0.05) is 12.1 Å². The Hall–Kier alpha value is -2.84. The zero-order valence-corrected chi connectivity index (χ0v) is 17.6. The number of halogens is 1. The lowest BCUT2D eigenvalue weighted by molar-refractivity contribution is -0.119. The van der Waals surface area contributed by atoms with Crippen molar-refractivity contribution in [2.75, 3.05) is 7.05 Å². The Kier molecular flexibility index (Phi) is 6.24. The van der Waals surface area contributed by atoms with Crippen molar-refractivity contribution in [3.63, 3.8) is 0 Å². The van der Waals surface area contributed by atoms with Crippen molar-refractivity contribution in [3.05, 3.63) is 63.4 Å². The second-order valence-electron chi connectivity index (χ2n) is 6.36. The number of hydrogen-bond donors (Lipinski definition) is 2. The van der Waals surface area contributed by atoms with Crippen LogP contribution in [0.5, 0.6) is 0 Å². The molecule has 3 aromatic rings. The van der Waals surface area contributed by atoms with Crippen LogP contribution >= 0.6 is 23.4 Å². The molecule has 0 radical (unpaired) electrons. The number of nitrogens with one attached hydrogen (secondary N) is 2. The van der Waals surface area contributed by atoms with E-state index >= 15 is 0 Å². The van der Waals surface area contributed by atoms with E-state index in [2.05, 4.69) is 15.6 Å². The molecule has 2 N–H and O–H groups in total. The van der Waals surface area contributed by atoms with Gasteiger partial charge in [-0.05, 0) is 44.2 Å². The lowest BCUT2D eigenvalue weighted by Crippen LogP contribution is -2.41. The largest absolute Gasteiger partial charge is 0.341 e. The highest BCUT2D eigenvalue weighted by atomic mass is 35.5. The van der Waals surface area contributed by atoms with Gasteiger partial charge in [0.1, 0.15) is 0 Å². The van der Waals surface area contributed by atoms with Crippen molar-refractivity contribution < 1.29 is 9.59 Å². The van der Waals surface area contributed by atoms with Gasteiger partial charge in [-0.15, -0.1) is 0 Å². The van der Waals surface area contributed by atoms with Crippen LogP contribution in [0.2, 0.25) is 5.02 Å². The van der Waals surface area contributed by atoms with E-state index in [1.165, 1.54) is 11.6 Å². The summed E-state index contributed by atoms with van der Waals surface area (Å²) in [6, 6.07) is 11.7. The van der Waals surface area contributed by atoms with E-state index in [9.17, 15) is 14.4 Å². The number of carbonyl (C=O) groups excluding carboxylic acids is 2. The first kappa shape index (κ1) is 20.9. The Morgan fingerprint density at radius 2 is 1.86 bits per heavy atom. The third-order valence-electron chi connectivity index (χ3n) is 4.21. The van der Waals surface area contributed by atoms with Crippen LogP contribution in [0, 0.1) is 6.92 Å².